The van der Waals surface area contributed by atoms with Crippen LogP contribution in [0.4, 0.5) is 0 Å². The zero-order valence-corrected chi connectivity index (χ0v) is 16.3. The molecule has 1 saturated carbocycles. The molecule has 138 valence electrons. The topological polar surface area (TPSA) is 39.7 Å². The smallest absolute Gasteiger partial charge is 0.191 e. The predicted molar refractivity (Wildman–Crippen MR) is 107 cm³/mol. The number of guanidine groups is 1. The van der Waals surface area contributed by atoms with Gasteiger partial charge >= 0.3 is 0 Å². The van der Waals surface area contributed by atoms with Gasteiger partial charge in [-0.15, -0.1) is 0 Å². The zero-order valence-electron chi connectivity index (χ0n) is 15.5. The average molecular weight is 363 g/mol. The molecule has 1 aromatic carbocycles. The van der Waals surface area contributed by atoms with Gasteiger partial charge in [0.15, 0.2) is 5.96 Å². The molecule has 0 atom stereocenters. The molecular formula is C20H31ClN4. The molecule has 1 aliphatic heterocycles. The van der Waals surface area contributed by atoms with Crippen LogP contribution in [-0.2, 0) is 5.41 Å². The third-order valence-electron chi connectivity index (χ3n) is 5.57. The Kier molecular flexibility index (Phi) is 6.24. The van der Waals surface area contributed by atoms with Crippen LogP contribution in [0, 0.1) is 5.92 Å². The summed E-state index contributed by atoms with van der Waals surface area (Å²) in [5.41, 5.74) is 1.52. The molecule has 0 aromatic heterocycles. The Bertz CT molecular complexity index is 589. The molecule has 4 nitrogen and oxygen atoms in total. The number of rotatable bonds is 6. The first-order valence-electron chi connectivity index (χ1n) is 9.58. The normalized spacial score (nSPS) is 21.2. The standard InChI is InChI=1S/C20H31ClN4/c1-3-22-19(23-14-16-7-11-25(2)12-8-16)24-15-20(9-10-20)17-5-4-6-18(21)13-17/h4-6,13,16H,3,7-12,14-15H2,1-2H3,(H2,22,23,24). The molecule has 2 fully saturated rings. The molecule has 1 heterocycles. The fraction of sp³-hybridized carbons (Fsp3) is 0.650. The highest BCUT2D eigenvalue weighted by molar-refractivity contribution is 6.30. The van der Waals surface area contributed by atoms with Crippen LogP contribution < -0.4 is 10.6 Å². The highest BCUT2D eigenvalue weighted by atomic mass is 35.5. The van der Waals surface area contributed by atoms with Gasteiger partial charge in [0.1, 0.15) is 0 Å². The van der Waals surface area contributed by atoms with Crippen LogP contribution in [0.15, 0.2) is 29.3 Å². The lowest BCUT2D eigenvalue weighted by Crippen LogP contribution is -2.42. The van der Waals surface area contributed by atoms with Gasteiger partial charge in [-0.05, 0) is 76.4 Å². The Labute approximate surface area is 157 Å². The van der Waals surface area contributed by atoms with Crippen LogP contribution >= 0.6 is 11.6 Å². The van der Waals surface area contributed by atoms with E-state index in [4.69, 9.17) is 16.6 Å². The van der Waals surface area contributed by atoms with Gasteiger partial charge in [0.2, 0.25) is 0 Å². The summed E-state index contributed by atoms with van der Waals surface area (Å²) in [7, 11) is 2.21. The number of nitrogens with one attached hydrogen (secondary N) is 2. The number of hydrogen-bond acceptors (Lipinski definition) is 2. The molecule has 25 heavy (non-hydrogen) atoms. The van der Waals surface area contributed by atoms with Gasteiger partial charge in [0.05, 0.1) is 6.54 Å². The maximum Gasteiger partial charge on any atom is 0.191 e. The van der Waals surface area contributed by atoms with Crippen LogP contribution in [0.1, 0.15) is 38.2 Å². The lowest BCUT2D eigenvalue weighted by atomic mass is 9.96. The van der Waals surface area contributed by atoms with E-state index >= 15 is 0 Å². The largest absolute Gasteiger partial charge is 0.357 e. The summed E-state index contributed by atoms with van der Waals surface area (Å²) in [5, 5.41) is 7.78. The second-order valence-electron chi connectivity index (χ2n) is 7.61. The number of hydrogen-bond donors (Lipinski definition) is 2. The van der Waals surface area contributed by atoms with Crippen molar-refractivity contribution in [3.8, 4) is 0 Å². The fourth-order valence-corrected chi connectivity index (χ4v) is 3.78. The van der Waals surface area contributed by atoms with Crippen molar-refractivity contribution in [3.63, 3.8) is 0 Å². The molecule has 3 rings (SSSR count). The minimum absolute atomic E-state index is 0.195. The molecule has 1 saturated heterocycles. The fourth-order valence-electron chi connectivity index (χ4n) is 3.59. The summed E-state index contributed by atoms with van der Waals surface area (Å²) < 4.78 is 0. The maximum atomic E-state index is 6.17. The summed E-state index contributed by atoms with van der Waals surface area (Å²) in [5.74, 6) is 1.71. The number of benzene rings is 1. The first-order valence-corrected chi connectivity index (χ1v) is 9.96. The molecule has 1 aliphatic carbocycles. The van der Waals surface area contributed by atoms with Crippen LogP contribution in [0.2, 0.25) is 5.02 Å². The number of nitrogens with zero attached hydrogens (tertiary/aromatic N) is 2. The minimum Gasteiger partial charge on any atom is -0.357 e. The van der Waals surface area contributed by atoms with Crippen molar-refractivity contribution >= 4 is 17.6 Å². The first kappa shape index (κ1) is 18.5. The average Bonchev–Trinajstić information content (AvgIpc) is 3.40. The van der Waals surface area contributed by atoms with Crippen molar-refractivity contribution in [1.82, 2.24) is 15.5 Å². The van der Waals surface area contributed by atoms with E-state index in [1.807, 2.05) is 12.1 Å². The van der Waals surface area contributed by atoms with Gasteiger partial charge in [-0.1, -0.05) is 23.7 Å². The van der Waals surface area contributed by atoms with E-state index in [1.165, 1.54) is 44.3 Å². The van der Waals surface area contributed by atoms with Crippen molar-refractivity contribution in [2.24, 2.45) is 10.9 Å². The Morgan fingerprint density at radius 3 is 2.68 bits per heavy atom. The molecule has 5 heteroatoms. The van der Waals surface area contributed by atoms with Crippen molar-refractivity contribution < 1.29 is 0 Å². The highest BCUT2D eigenvalue weighted by Gasteiger charge is 2.44. The van der Waals surface area contributed by atoms with E-state index in [0.29, 0.717) is 0 Å². The SMILES string of the molecule is CCNC(=NCC1(c2cccc(Cl)c2)CC1)NCC1CCN(C)CC1. The van der Waals surface area contributed by atoms with Crippen LogP contribution in [0.25, 0.3) is 0 Å². The summed E-state index contributed by atoms with van der Waals surface area (Å²) in [4.78, 5) is 7.31. The molecule has 1 aromatic rings. The van der Waals surface area contributed by atoms with Gasteiger partial charge in [0.25, 0.3) is 0 Å². The van der Waals surface area contributed by atoms with Crippen LogP contribution in [0.3, 0.4) is 0 Å². The first-order chi connectivity index (χ1) is 12.1. The summed E-state index contributed by atoms with van der Waals surface area (Å²) in [6, 6.07) is 8.28. The molecule has 0 bridgehead atoms. The number of aliphatic imine (C=N–C) groups is 1. The van der Waals surface area contributed by atoms with Crippen molar-refractivity contribution in [3.05, 3.63) is 34.9 Å². The Morgan fingerprint density at radius 1 is 1.28 bits per heavy atom. The Hall–Kier alpha value is -1.26. The summed E-state index contributed by atoms with van der Waals surface area (Å²) >= 11 is 6.17. The quantitative estimate of drug-likeness (QED) is 0.602. The van der Waals surface area contributed by atoms with Gasteiger partial charge < -0.3 is 15.5 Å². The number of piperidine rings is 1. The third-order valence-corrected chi connectivity index (χ3v) is 5.81. The van der Waals surface area contributed by atoms with E-state index in [2.05, 4.69) is 41.6 Å². The molecule has 2 N–H and O–H groups in total. The minimum atomic E-state index is 0.195. The Morgan fingerprint density at radius 2 is 2.04 bits per heavy atom. The van der Waals surface area contributed by atoms with Gasteiger partial charge in [-0.3, -0.25) is 4.99 Å². The second-order valence-corrected chi connectivity index (χ2v) is 8.05. The van der Waals surface area contributed by atoms with E-state index in [9.17, 15) is 0 Å². The molecule has 2 aliphatic rings. The monoisotopic (exact) mass is 362 g/mol. The van der Waals surface area contributed by atoms with Crippen LogP contribution in [0.5, 0.6) is 0 Å². The van der Waals surface area contributed by atoms with Crippen molar-refractivity contribution in [2.75, 3.05) is 39.8 Å². The predicted octanol–water partition coefficient (Wildman–Crippen LogP) is 3.27. The molecule has 0 spiro atoms. The summed E-state index contributed by atoms with van der Waals surface area (Å²) in [6.07, 6.45) is 4.95. The van der Waals surface area contributed by atoms with E-state index in [1.54, 1.807) is 0 Å². The third kappa shape index (κ3) is 5.11. The van der Waals surface area contributed by atoms with Crippen LogP contribution in [-0.4, -0.2) is 50.6 Å². The molecular weight excluding hydrogens is 332 g/mol. The maximum absolute atomic E-state index is 6.17. The second kappa shape index (κ2) is 8.41. The van der Waals surface area contributed by atoms with Crippen molar-refractivity contribution in [1.29, 1.82) is 0 Å². The number of likely N-dealkylation sites (tertiary alicyclic amines) is 1. The Balaban J connectivity index is 1.56. The lowest BCUT2D eigenvalue weighted by Gasteiger charge is -2.29. The van der Waals surface area contributed by atoms with Gasteiger partial charge in [-0.2, -0.15) is 0 Å². The van der Waals surface area contributed by atoms with Gasteiger partial charge in [-0.25, -0.2) is 0 Å². The van der Waals surface area contributed by atoms with E-state index < -0.39 is 0 Å². The van der Waals surface area contributed by atoms with E-state index in [0.717, 1.165) is 36.5 Å². The zero-order chi connectivity index (χ0) is 17.7. The highest BCUT2D eigenvalue weighted by Crippen LogP contribution is 2.48. The van der Waals surface area contributed by atoms with Gasteiger partial charge in [0, 0.05) is 23.5 Å². The lowest BCUT2D eigenvalue weighted by molar-refractivity contribution is 0.220. The molecule has 0 amide bonds. The molecule has 0 radical (unpaired) electrons. The number of halogens is 1. The van der Waals surface area contributed by atoms with Crippen molar-refractivity contribution in [2.45, 2.75) is 38.0 Å². The summed E-state index contributed by atoms with van der Waals surface area (Å²) in [6.45, 7) is 7.27. The molecule has 0 unspecified atom stereocenters. The van der Waals surface area contributed by atoms with E-state index in [-0.39, 0.29) is 5.41 Å².